The van der Waals surface area contributed by atoms with Crippen LogP contribution in [0.1, 0.15) is 24.0 Å². The molecule has 0 spiro atoms. The molecule has 17 heavy (non-hydrogen) atoms. The van der Waals surface area contributed by atoms with Crippen molar-refractivity contribution in [2.24, 2.45) is 0 Å². The van der Waals surface area contributed by atoms with Gasteiger partial charge in [-0.15, -0.1) is 0 Å². The molecule has 2 rings (SSSR count). The van der Waals surface area contributed by atoms with Gasteiger partial charge in [0.25, 0.3) is 0 Å². The van der Waals surface area contributed by atoms with E-state index in [1.807, 2.05) is 19.9 Å². The van der Waals surface area contributed by atoms with Crippen LogP contribution in [0.15, 0.2) is 23.1 Å². The summed E-state index contributed by atoms with van der Waals surface area (Å²) in [7, 11) is -3.52. The lowest BCUT2D eigenvalue weighted by atomic mass is 10.2. The Morgan fingerprint density at radius 1 is 1.24 bits per heavy atom. The summed E-state index contributed by atoms with van der Waals surface area (Å²) in [4.78, 5) is 0.273. The largest absolute Gasteiger partial charge is 0.394 e. The van der Waals surface area contributed by atoms with Crippen LogP contribution in [0.4, 0.5) is 0 Å². The van der Waals surface area contributed by atoms with E-state index in [1.165, 1.54) is 0 Å². The van der Waals surface area contributed by atoms with Gasteiger partial charge in [0.05, 0.1) is 17.0 Å². The topological polar surface area (TPSA) is 66.4 Å². The van der Waals surface area contributed by atoms with Crippen molar-refractivity contribution in [3.63, 3.8) is 0 Å². The number of aryl methyl sites for hydroxylation is 2. The van der Waals surface area contributed by atoms with Crippen LogP contribution < -0.4 is 4.72 Å². The lowest BCUT2D eigenvalue weighted by Crippen LogP contribution is -2.39. The highest BCUT2D eigenvalue weighted by molar-refractivity contribution is 7.89. The second-order valence-corrected chi connectivity index (χ2v) is 6.55. The van der Waals surface area contributed by atoms with E-state index in [1.54, 1.807) is 12.1 Å². The summed E-state index contributed by atoms with van der Waals surface area (Å²) >= 11 is 0. The van der Waals surface area contributed by atoms with Crippen molar-refractivity contribution < 1.29 is 13.5 Å². The number of hydrogen-bond acceptors (Lipinski definition) is 3. The first-order chi connectivity index (χ1) is 7.87. The zero-order valence-electron chi connectivity index (χ0n) is 10.0. The summed E-state index contributed by atoms with van der Waals surface area (Å²) in [6, 6.07) is 5.21. The monoisotopic (exact) mass is 255 g/mol. The molecule has 0 aliphatic heterocycles. The van der Waals surface area contributed by atoms with Crippen LogP contribution in [0.25, 0.3) is 0 Å². The lowest BCUT2D eigenvalue weighted by molar-refractivity contribution is 0.246. The highest BCUT2D eigenvalue weighted by atomic mass is 32.2. The first kappa shape index (κ1) is 12.5. The van der Waals surface area contributed by atoms with Crippen molar-refractivity contribution in [1.82, 2.24) is 4.72 Å². The molecule has 1 fully saturated rings. The predicted molar refractivity (Wildman–Crippen MR) is 65.3 cm³/mol. The summed E-state index contributed by atoms with van der Waals surface area (Å²) in [6.45, 7) is 3.59. The molecule has 0 unspecified atom stereocenters. The molecule has 0 heterocycles. The van der Waals surface area contributed by atoms with E-state index >= 15 is 0 Å². The van der Waals surface area contributed by atoms with E-state index in [4.69, 9.17) is 5.11 Å². The molecule has 2 N–H and O–H groups in total. The van der Waals surface area contributed by atoms with Gasteiger partial charge in [-0.05, 0) is 49.9 Å². The molecule has 0 amide bonds. The summed E-state index contributed by atoms with van der Waals surface area (Å²) in [5, 5.41) is 9.15. The van der Waals surface area contributed by atoms with Gasteiger partial charge in [0, 0.05) is 0 Å². The average molecular weight is 255 g/mol. The van der Waals surface area contributed by atoms with Crippen molar-refractivity contribution in [2.45, 2.75) is 37.1 Å². The number of hydrogen-bond donors (Lipinski definition) is 2. The van der Waals surface area contributed by atoms with Crippen LogP contribution >= 0.6 is 0 Å². The van der Waals surface area contributed by atoms with Crippen LogP contribution in [-0.2, 0) is 10.0 Å². The Labute approximate surface area is 102 Å². The lowest BCUT2D eigenvalue weighted by Gasteiger charge is -2.15. The van der Waals surface area contributed by atoms with E-state index in [2.05, 4.69) is 4.72 Å². The normalized spacial score (nSPS) is 18.1. The van der Waals surface area contributed by atoms with E-state index in [0.717, 1.165) is 11.1 Å². The zero-order valence-corrected chi connectivity index (χ0v) is 10.8. The van der Waals surface area contributed by atoms with Gasteiger partial charge in [-0.1, -0.05) is 6.07 Å². The maximum Gasteiger partial charge on any atom is 0.241 e. The maximum atomic E-state index is 12.1. The minimum Gasteiger partial charge on any atom is -0.394 e. The average Bonchev–Trinajstić information content (AvgIpc) is 2.96. The molecule has 1 aromatic rings. The molecule has 1 saturated carbocycles. The van der Waals surface area contributed by atoms with Crippen molar-refractivity contribution >= 4 is 10.0 Å². The van der Waals surface area contributed by atoms with E-state index in [9.17, 15) is 8.42 Å². The first-order valence-electron chi connectivity index (χ1n) is 5.60. The highest BCUT2D eigenvalue weighted by Gasteiger charge is 2.45. The fourth-order valence-corrected chi connectivity index (χ4v) is 3.51. The van der Waals surface area contributed by atoms with E-state index in [-0.39, 0.29) is 11.5 Å². The number of nitrogens with one attached hydrogen (secondary N) is 1. The van der Waals surface area contributed by atoms with Gasteiger partial charge in [0.15, 0.2) is 0 Å². The molecule has 0 aromatic heterocycles. The standard InChI is InChI=1S/C12H17NO3S/c1-9-5-10(2)7-11(6-9)17(15,16)13-12(8-14)3-4-12/h5-7,13-14H,3-4,8H2,1-2H3. The van der Waals surface area contributed by atoms with Crippen LogP contribution in [0.3, 0.4) is 0 Å². The van der Waals surface area contributed by atoms with Crippen molar-refractivity contribution in [1.29, 1.82) is 0 Å². The molecule has 0 radical (unpaired) electrons. The van der Waals surface area contributed by atoms with Gasteiger partial charge < -0.3 is 5.11 Å². The second kappa shape index (κ2) is 4.08. The van der Waals surface area contributed by atoms with Gasteiger partial charge in [-0.2, -0.15) is 0 Å². The van der Waals surface area contributed by atoms with Gasteiger partial charge >= 0.3 is 0 Å². The molecule has 94 valence electrons. The van der Waals surface area contributed by atoms with Gasteiger partial charge in [-0.25, -0.2) is 13.1 Å². The smallest absolute Gasteiger partial charge is 0.241 e. The number of aliphatic hydroxyl groups excluding tert-OH is 1. The van der Waals surface area contributed by atoms with E-state index < -0.39 is 15.6 Å². The number of sulfonamides is 1. The Morgan fingerprint density at radius 2 is 1.76 bits per heavy atom. The summed E-state index contributed by atoms with van der Waals surface area (Å²) < 4.78 is 26.8. The van der Waals surface area contributed by atoms with Gasteiger partial charge in [-0.3, -0.25) is 0 Å². The summed E-state index contributed by atoms with van der Waals surface area (Å²) in [5.41, 5.74) is 1.22. The summed E-state index contributed by atoms with van der Waals surface area (Å²) in [6.07, 6.45) is 1.40. The SMILES string of the molecule is Cc1cc(C)cc(S(=O)(=O)NC2(CO)CC2)c1. The number of benzene rings is 1. The predicted octanol–water partition coefficient (Wildman–Crippen LogP) is 1.11. The summed E-state index contributed by atoms with van der Waals surface area (Å²) in [5.74, 6) is 0. The Kier molecular flexibility index (Phi) is 3.01. The fraction of sp³-hybridized carbons (Fsp3) is 0.500. The van der Waals surface area contributed by atoms with Crippen LogP contribution in [0.2, 0.25) is 0 Å². The molecular weight excluding hydrogens is 238 g/mol. The Hall–Kier alpha value is -0.910. The van der Waals surface area contributed by atoms with E-state index in [0.29, 0.717) is 12.8 Å². The third-order valence-electron chi connectivity index (χ3n) is 3.01. The molecule has 1 aliphatic carbocycles. The highest BCUT2D eigenvalue weighted by Crippen LogP contribution is 2.36. The molecule has 0 atom stereocenters. The third kappa shape index (κ3) is 2.68. The van der Waals surface area contributed by atoms with Gasteiger partial charge in [0.2, 0.25) is 10.0 Å². The quantitative estimate of drug-likeness (QED) is 0.847. The zero-order chi connectivity index (χ0) is 12.7. The minimum atomic E-state index is -3.52. The third-order valence-corrected chi connectivity index (χ3v) is 4.57. The Bertz CT molecular complexity index is 512. The maximum absolute atomic E-state index is 12.1. The van der Waals surface area contributed by atoms with Crippen molar-refractivity contribution in [3.8, 4) is 0 Å². The minimum absolute atomic E-state index is 0.142. The van der Waals surface area contributed by atoms with Crippen LogP contribution in [0.5, 0.6) is 0 Å². The molecule has 4 nitrogen and oxygen atoms in total. The molecule has 5 heteroatoms. The molecular formula is C12H17NO3S. The molecule has 0 bridgehead atoms. The second-order valence-electron chi connectivity index (χ2n) is 4.87. The van der Waals surface area contributed by atoms with Gasteiger partial charge in [0.1, 0.15) is 0 Å². The molecule has 0 saturated heterocycles. The van der Waals surface area contributed by atoms with Crippen LogP contribution in [0, 0.1) is 13.8 Å². The van der Waals surface area contributed by atoms with Crippen molar-refractivity contribution in [2.75, 3.05) is 6.61 Å². The fourth-order valence-electron chi connectivity index (χ4n) is 1.88. The van der Waals surface area contributed by atoms with Crippen molar-refractivity contribution in [3.05, 3.63) is 29.3 Å². The Morgan fingerprint density at radius 3 is 2.18 bits per heavy atom. The molecule has 1 aliphatic rings. The van der Waals surface area contributed by atoms with Crippen LogP contribution in [-0.4, -0.2) is 25.7 Å². The number of aliphatic hydroxyl groups is 1. The molecule has 1 aromatic carbocycles. The number of rotatable bonds is 4. The Balaban J connectivity index is 2.31. The first-order valence-corrected chi connectivity index (χ1v) is 7.08.